The van der Waals surface area contributed by atoms with Crippen LogP contribution in [-0.2, 0) is 9.59 Å². The lowest BCUT2D eigenvalue weighted by atomic mass is 9.94. The molecule has 1 N–H and O–H groups in total. The first-order valence-electron chi connectivity index (χ1n) is 11.3. The highest BCUT2D eigenvalue weighted by molar-refractivity contribution is 6.46. The Labute approximate surface area is 195 Å². The van der Waals surface area contributed by atoms with Gasteiger partial charge in [0.05, 0.1) is 25.8 Å². The zero-order valence-electron chi connectivity index (χ0n) is 19.9. The second kappa shape index (κ2) is 10.4. The lowest BCUT2D eigenvalue weighted by Gasteiger charge is -2.26. The Hall–Kier alpha value is -3.48. The summed E-state index contributed by atoms with van der Waals surface area (Å²) in [6.07, 6.45) is 0.680. The van der Waals surface area contributed by atoms with Crippen LogP contribution in [0.15, 0.2) is 48.0 Å². The van der Waals surface area contributed by atoms with E-state index >= 15 is 0 Å². The van der Waals surface area contributed by atoms with Gasteiger partial charge in [0.15, 0.2) is 0 Å². The minimum Gasteiger partial charge on any atom is -0.506 e. The van der Waals surface area contributed by atoms with Crippen LogP contribution in [0.4, 0.5) is 5.69 Å². The van der Waals surface area contributed by atoms with Crippen LogP contribution in [0.5, 0.6) is 11.5 Å². The maximum Gasteiger partial charge on any atom is 0.295 e. The van der Waals surface area contributed by atoms with Crippen LogP contribution in [0, 0.1) is 0 Å². The molecule has 0 saturated carbocycles. The van der Waals surface area contributed by atoms with Gasteiger partial charge in [-0.15, -0.1) is 0 Å². The third-order valence-electron chi connectivity index (χ3n) is 6.01. The number of Topliss-reactive ketones (excluding diaryl/α,β-unsaturated/α-hetero) is 1. The first-order valence-corrected chi connectivity index (χ1v) is 11.3. The molecular formula is C26H32N2O5. The largest absolute Gasteiger partial charge is 0.506 e. The van der Waals surface area contributed by atoms with E-state index in [1.165, 1.54) is 19.1 Å². The summed E-state index contributed by atoms with van der Waals surface area (Å²) in [6.45, 7) is 8.27. The van der Waals surface area contributed by atoms with Crippen molar-refractivity contribution in [1.29, 1.82) is 0 Å². The fourth-order valence-corrected chi connectivity index (χ4v) is 4.37. The van der Waals surface area contributed by atoms with Crippen molar-refractivity contribution in [3.05, 3.63) is 59.2 Å². The van der Waals surface area contributed by atoms with Gasteiger partial charge in [0, 0.05) is 25.3 Å². The van der Waals surface area contributed by atoms with Crippen molar-refractivity contribution in [1.82, 2.24) is 4.90 Å². The van der Waals surface area contributed by atoms with Crippen LogP contribution < -0.4 is 14.4 Å². The number of methoxy groups -OCH3 is 2. The van der Waals surface area contributed by atoms with Crippen molar-refractivity contribution in [3.63, 3.8) is 0 Å². The molecule has 33 heavy (non-hydrogen) atoms. The highest BCUT2D eigenvalue weighted by Gasteiger charge is 2.46. The second-order valence-electron chi connectivity index (χ2n) is 7.79. The van der Waals surface area contributed by atoms with Gasteiger partial charge in [-0.25, -0.2) is 0 Å². The van der Waals surface area contributed by atoms with Crippen molar-refractivity contribution in [2.75, 3.05) is 38.8 Å². The predicted octanol–water partition coefficient (Wildman–Crippen LogP) is 4.38. The quantitative estimate of drug-likeness (QED) is 0.346. The van der Waals surface area contributed by atoms with Crippen molar-refractivity contribution >= 4 is 23.1 Å². The highest BCUT2D eigenvalue weighted by atomic mass is 16.5. The first kappa shape index (κ1) is 24.2. The average Bonchev–Trinajstić information content (AvgIpc) is 3.09. The number of benzene rings is 2. The summed E-state index contributed by atoms with van der Waals surface area (Å²) >= 11 is 0. The van der Waals surface area contributed by atoms with Gasteiger partial charge in [-0.1, -0.05) is 25.1 Å². The summed E-state index contributed by atoms with van der Waals surface area (Å²) in [4.78, 5) is 29.9. The molecule has 0 bridgehead atoms. The van der Waals surface area contributed by atoms with Crippen LogP contribution in [0.1, 0.15) is 44.4 Å². The van der Waals surface area contributed by atoms with Crippen molar-refractivity contribution in [3.8, 4) is 11.5 Å². The Bertz CT molecular complexity index is 1020. The lowest BCUT2D eigenvalue weighted by molar-refractivity contribution is -0.139. The molecule has 2 aromatic carbocycles. The number of hydrogen-bond acceptors (Lipinski definition) is 6. The molecule has 1 fully saturated rings. The van der Waals surface area contributed by atoms with Crippen LogP contribution in [-0.4, -0.2) is 55.6 Å². The van der Waals surface area contributed by atoms with E-state index < -0.39 is 17.7 Å². The van der Waals surface area contributed by atoms with Crippen LogP contribution >= 0.6 is 0 Å². The number of amides is 1. The molecule has 0 radical (unpaired) electrons. The Morgan fingerprint density at radius 2 is 1.55 bits per heavy atom. The fourth-order valence-electron chi connectivity index (χ4n) is 4.37. The average molecular weight is 453 g/mol. The van der Waals surface area contributed by atoms with E-state index in [1.807, 2.05) is 31.2 Å². The van der Waals surface area contributed by atoms with Gasteiger partial charge in [-0.2, -0.15) is 0 Å². The topological polar surface area (TPSA) is 79.3 Å². The molecule has 1 amide bonds. The van der Waals surface area contributed by atoms with E-state index in [4.69, 9.17) is 9.47 Å². The number of likely N-dealkylation sites (tertiary alicyclic amines) is 1. The van der Waals surface area contributed by atoms with Crippen LogP contribution in [0.3, 0.4) is 0 Å². The van der Waals surface area contributed by atoms with E-state index in [0.29, 0.717) is 24.5 Å². The summed E-state index contributed by atoms with van der Waals surface area (Å²) in [5, 5.41) is 11.4. The number of hydrogen-bond donors (Lipinski definition) is 1. The molecule has 0 aromatic heterocycles. The van der Waals surface area contributed by atoms with Gasteiger partial charge in [-0.05, 0) is 50.1 Å². The van der Waals surface area contributed by atoms with Gasteiger partial charge >= 0.3 is 0 Å². The minimum atomic E-state index is -0.716. The molecule has 176 valence electrons. The molecule has 7 heteroatoms. The standard InChI is InChI=1S/C26H32N2O5/c1-6-16-28-23(17-12-14-18(15-13-17)27(7-2)8-3)22(25(30)26(28)31)24(29)21-19(32-4)10-9-11-20(21)33-5/h9-15,23,29H,6-8,16H2,1-5H3/b24-22+. The summed E-state index contributed by atoms with van der Waals surface area (Å²) in [6, 6.07) is 12.2. The van der Waals surface area contributed by atoms with Gasteiger partial charge < -0.3 is 24.4 Å². The number of aliphatic hydroxyl groups is 1. The Morgan fingerprint density at radius 1 is 0.970 bits per heavy atom. The zero-order chi connectivity index (χ0) is 24.1. The molecule has 1 atom stereocenters. The molecule has 1 unspecified atom stereocenters. The molecule has 0 aliphatic carbocycles. The van der Waals surface area contributed by atoms with Gasteiger partial charge in [0.1, 0.15) is 22.8 Å². The molecule has 1 saturated heterocycles. The summed E-state index contributed by atoms with van der Waals surface area (Å²) in [5.41, 5.74) is 2.10. The van der Waals surface area contributed by atoms with E-state index in [0.717, 1.165) is 24.3 Å². The number of ketones is 1. The maximum absolute atomic E-state index is 13.2. The molecule has 2 aromatic rings. The molecule has 1 aliphatic rings. The van der Waals surface area contributed by atoms with Crippen LogP contribution in [0.25, 0.3) is 5.76 Å². The highest BCUT2D eigenvalue weighted by Crippen LogP contribution is 2.43. The number of aliphatic hydroxyl groups excluding tert-OH is 1. The normalized spacial score (nSPS) is 17.4. The Kier molecular flexibility index (Phi) is 7.63. The summed E-state index contributed by atoms with van der Waals surface area (Å²) in [7, 11) is 2.95. The molecular weight excluding hydrogens is 420 g/mol. The predicted molar refractivity (Wildman–Crippen MR) is 129 cm³/mol. The molecule has 0 spiro atoms. The van der Waals surface area contributed by atoms with E-state index in [9.17, 15) is 14.7 Å². The number of anilines is 1. The fraction of sp³-hybridized carbons (Fsp3) is 0.385. The van der Waals surface area contributed by atoms with Gasteiger partial charge in [-0.3, -0.25) is 9.59 Å². The van der Waals surface area contributed by atoms with Crippen molar-refractivity contribution < 1.29 is 24.2 Å². The Balaban J connectivity index is 2.21. The minimum absolute atomic E-state index is 0.0341. The lowest BCUT2D eigenvalue weighted by Crippen LogP contribution is -2.30. The smallest absolute Gasteiger partial charge is 0.295 e. The molecule has 1 aliphatic heterocycles. The van der Waals surface area contributed by atoms with Crippen molar-refractivity contribution in [2.24, 2.45) is 0 Å². The van der Waals surface area contributed by atoms with Gasteiger partial charge in [0.25, 0.3) is 11.7 Å². The van der Waals surface area contributed by atoms with E-state index in [1.54, 1.807) is 18.2 Å². The third-order valence-corrected chi connectivity index (χ3v) is 6.01. The monoisotopic (exact) mass is 452 g/mol. The summed E-state index contributed by atoms with van der Waals surface area (Å²) < 4.78 is 10.8. The SMILES string of the molecule is CCCN1C(=O)C(=O)/C(=C(/O)c2c(OC)cccc2OC)C1c1ccc(N(CC)CC)cc1. The van der Waals surface area contributed by atoms with Gasteiger partial charge in [0.2, 0.25) is 0 Å². The number of rotatable bonds is 9. The number of carbonyl (C=O) groups is 2. The third kappa shape index (κ3) is 4.40. The van der Waals surface area contributed by atoms with Crippen LogP contribution in [0.2, 0.25) is 0 Å². The van der Waals surface area contributed by atoms with E-state index in [-0.39, 0.29) is 16.9 Å². The second-order valence-corrected chi connectivity index (χ2v) is 7.79. The molecule has 1 heterocycles. The summed E-state index contributed by atoms with van der Waals surface area (Å²) in [5.74, 6) is -0.941. The van der Waals surface area contributed by atoms with Crippen molar-refractivity contribution in [2.45, 2.75) is 33.2 Å². The Morgan fingerprint density at radius 3 is 2.03 bits per heavy atom. The molecule has 3 rings (SSSR count). The molecule has 7 nitrogen and oxygen atoms in total. The van der Waals surface area contributed by atoms with E-state index in [2.05, 4.69) is 18.7 Å². The number of ether oxygens (including phenoxy) is 2. The number of carbonyl (C=O) groups excluding carboxylic acids is 2. The first-order chi connectivity index (χ1) is 15.9. The number of nitrogens with zero attached hydrogens (tertiary/aromatic N) is 2. The zero-order valence-corrected chi connectivity index (χ0v) is 19.9. The maximum atomic E-state index is 13.2.